The highest BCUT2D eigenvalue weighted by atomic mass is 16.5. The Morgan fingerprint density at radius 3 is 2.13 bits per heavy atom. The van der Waals surface area contributed by atoms with Gasteiger partial charge in [-0.2, -0.15) is 0 Å². The first kappa shape index (κ1) is 21.8. The minimum Gasteiger partial charge on any atom is -0.457 e. The number of rotatable bonds is 8. The number of carbonyl (C=O) groups excluding carboxylic acids is 2. The molecule has 2 aromatic carbocycles. The minimum atomic E-state index is -0.822. The van der Waals surface area contributed by atoms with Crippen LogP contribution in [0.15, 0.2) is 70.3 Å². The molecule has 1 aromatic heterocycles. The van der Waals surface area contributed by atoms with Gasteiger partial charge in [-0.3, -0.25) is 23.5 Å². The molecule has 0 saturated carbocycles. The maximum absolute atomic E-state index is 12.6. The van der Waals surface area contributed by atoms with Crippen molar-refractivity contribution in [2.45, 2.75) is 19.4 Å². The quantitative estimate of drug-likeness (QED) is 0.436. The number of Topliss-reactive ketones (excluding diaryl/α,β-unsaturated/α-hetero) is 1. The van der Waals surface area contributed by atoms with Gasteiger partial charge in [-0.05, 0) is 17.5 Å². The van der Waals surface area contributed by atoms with Crippen molar-refractivity contribution in [1.82, 2.24) is 9.13 Å². The third kappa shape index (κ3) is 5.16. The summed E-state index contributed by atoms with van der Waals surface area (Å²) in [5.74, 6) is -1.57. The number of ketones is 1. The van der Waals surface area contributed by atoms with E-state index in [1.54, 1.807) is 24.3 Å². The molecule has 0 aliphatic carbocycles. The Morgan fingerprint density at radius 1 is 0.935 bits per heavy atom. The highest BCUT2D eigenvalue weighted by molar-refractivity contribution is 6.01. The van der Waals surface area contributed by atoms with Crippen LogP contribution in [0.4, 0.5) is 5.82 Å². The maximum atomic E-state index is 12.6. The van der Waals surface area contributed by atoms with Gasteiger partial charge in [0, 0.05) is 13.5 Å². The number of hydrogen-bond donors (Lipinski definition) is 1. The number of carbonyl (C=O) groups is 2. The number of nitrogens with zero attached hydrogens (tertiary/aromatic N) is 2. The van der Waals surface area contributed by atoms with E-state index in [1.807, 2.05) is 36.4 Å². The number of ether oxygens (including phenoxy) is 1. The first-order chi connectivity index (χ1) is 14.9. The summed E-state index contributed by atoms with van der Waals surface area (Å²) >= 11 is 0. The van der Waals surface area contributed by atoms with Crippen molar-refractivity contribution in [2.24, 2.45) is 7.05 Å². The summed E-state index contributed by atoms with van der Waals surface area (Å²) in [7, 11) is 1.27. The first-order valence-electron chi connectivity index (χ1n) is 9.74. The van der Waals surface area contributed by atoms with Gasteiger partial charge in [0.25, 0.3) is 5.56 Å². The van der Waals surface area contributed by atoms with Gasteiger partial charge in [0.05, 0.1) is 6.54 Å². The first-order valence-corrected chi connectivity index (χ1v) is 9.74. The monoisotopic (exact) mass is 421 g/mol. The molecule has 0 aliphatic heterocycles. The molecule has 3 rings (SSSR count). The number of nitrogen functional groups attached to an aromatic ring is 1. The van der Waals surface area contributed by atoms with E-state index in [1.165, 1.54) is 7.05 Å². The van der Waals surface area contributed by atoms with Crippen LogP contribution in [-0.2, 0) is 29.5 Å². The van der Waals surface area contributed by atoms with Crippen LogP contribution in [0.3, 0.4) is 0 Å². The molecule has 0 spiro atoms. The second-order valence-corrected chi connectivity index (χ2v) is 7.05. The summed E-state index contributed by atoms with van der Waals surface area (Å²) in [6, 6.07) is 18.4. The lowest BCUT2D eigenvalue weighted by Crippen LogP contribution is -2.43. The van der Waals surface area contributed by atoms with E-state index in [4.69, 9.17) is 10.5 Å². The van der Waals surface area contributed by atoms with Gasteiger partial charge in [-0.25, -0.2) is 4.79 Å². The standard InChI is InChI=1S/C23H23N3O5/c1-25-22(29)20(21(24)26(23(25)30)14-17-10-6-3-7-11-17)18(27)15-31-19(28)13-12-16-8-4-2-5-9-16/h2-11H,12-15,24H2,1H3. The van der Waals surface area contributed by atoms with Crippen molar-refractivity contribution in [3.8, 4) is 0 Å². The summed E-state index contributed by atoms with van der Waals surface area (Å²) in [6.07, 6.45) is 0.567. The largest absolute Gasteiger partial charge is 0.457 e. The van der Waals surface area contributed by atoms with E-state index in [0.717, 1.165) is 20.3 Å². The number of hydrogen-bond acceptors (Lipinski definition) is 6. The van der Waals surface area contributed by atoms with E-state index >= 15 is 0 Å². The number of nitrogens with two attached hydrogens (primary N) is 1. The normalized spacial score (nSPS) is 10.6. The number of anilines is 1. The molecule has 0 atom stereocenters. The van der Waals surface area contributed by atoms with Crippen molar-refractivity contribution >= 4 is 17.6 Å². The minimum absolute atomic E-state index is 0.0940. The Hall–Kier alpha value is -3.94. The summed E-state index contributed by atoms with van der Waals surface area (Å²) in [6.45, 7) is -0.534. The van der Waals surface area contributed by atoms with Crippen LogP contribution in [0.25, 0.3) is 0 Å². The van der Waals surface area contributed by atoms with E-state index in [9.17, 15) is 19.2 Å². The third-order valence-corrected chi connectivity index (χ3v) is 4.87. The van der Waals surface area contributed by atoms with Crippen molar-refractivity contribution in [1.29, 1.82) is 0 Å². The second kappa shape index (κ2) is 9.71. The molecular weight excluding hydrogens is 398 g/mol. The molecule has 8 heteroatoms. The lowest BCUT2D eigenvalue weighted by atomic mass is 10.1. The number of esters is 1. The summed E-state index contributed by atoms with van der Waals surface area (Å²) in [5.41, 5.74) is 5.95. The molecule has 0 radical (unpaired) electrons. The molecule has 0 fully saturated rings. The number of aromatic nitrogens is 2. The summed E-state index contributed by atoms with van der Waals surface area (Å²) in [4.78, 5) is 49.7. The van der Waals surface area contributed by atoms with Gasteiger partial charge in [-0.1, -0.05) is 60.7 Å². The van der Waals surface area contributed by atoms with Crippen LogP contribution in [-0.4, -0.2) is 27.5 Å². The smallest absolute Gasteiger partial charge is 0.332 e. The third-order valence-electron chi connectivity index (χ3n) is 4.87. The average Bonchev–Trinajstić information content (AvgIpc) is 2.79. The van der Waals surface area contributed by atoms with Crippen LogP contribution < -0.4 is 17.0 Å². The fraction of sp³-hybridized carbons (Fsp3) is 0.217. The summed E-state index contributed by atoms with van der Waals surface area (Å²) in [5, 5.41) is 0. The highest BCUT2D eigenvalue weighted by Gasteiger charge is 2.22. The predicted molar refractivity (Wildman–Crippen MR) is 116 cm³/mol. The topological polar surface area (TPSA) is 113 Å². The Bertz CT molecular complexity index is 1200. The zero-order chi connectivity index (χ0) is 22.4. The van der Waals surface area contributed by atoms with E-state index in [2.05, 4.69) is 0 Å². The van der Waals surface area contributed by atoms with Crippen LogP contribution in [0.1, 0.15) is 27.9 Å². The molecule has 2 N–H and O–H groups in total. The SMILES string of the molecule is Cn1c(=O)c(C(=O)COC(=O)CCc2ccccc2)c(N)n(Cc2ccccc2)c1=O. The zero-order valence-corrected chi connectivity index (χ0v) is 17.1. The Kier molecular flexibility index (Phi) is 6.81. The molecular formula is C23H23N3O5. The number of benzene rings is 2. The fourth-order valence-corrected chi connectivity index (χ4v) is 3.15. The van der Waals surface area contributed by atoms with E-state index < -0.39 is 29.6 Å². The second-order valence-electron chi connectivity index (χ2n) is 7.05. The molecule has 31 heavy (non-hydrogen) atoms. The van der Waals surface area contributed by atoms with Crippen LogP contribution >= 0.6 is 0 Å². The Balaban J connectivity index is 1.75. The van der Waals surface area contributed by atoms with Crippen molar-refractivity contribution in [2.75, 3.05) is 12.3 Å². The van der Waals surface area contributed by atoms with Crippen LogP contribution in [0.2, 0.25) is 0 Å². The van der Waals surface area contributed by atoms with Crippen LogP contribution in [0.5, 0.6) is 0 Å². The predicted octanol–water partition coefficient (Wildman–Crippen LogP) is 1.54. The van der Waals surface area contributed by atoms with E-state index in [0.29, 0.717) is 6.42 Å². The van der Waals surface area contributed by atoms with E-state index in [-0.39, 0.29) is 24.3 Å². The van der Waals surface area contributed by atoms with Gasteiger partial charge >= 0.3 is 11.7 Å². The highest BCUT2D eigenvalue weighted by Crippen LogP contribution is 2.10. The Labute approximate surface area is 178 Å². The molecule has 0 bridgehead atoms. The van der Waals surface area contributed by atoms with Crippen molar-refractivity contribution in [3.63, 3.8) is 0 Å². The summed E-state index contributed by atoms with van der Waals surface area (Å²) < 4.78 is 7.02. The maximum Gasteiger partial charge on any atom is 0.332 e. The van der Waals surface area contributed by atoms with Gasteiger partial charge < -0.3 is 10.5 Å². The molecule has 8 nitrogen and oxygen atoms in total. The van der Waals surface area contributed by atoms with Crippen LogP contribution in [0, 0.1) is 0 Å². The molecule has 0 unspecified atom stereocenters. The van der Waals surface area contributed by atoms with Gasteiger partial charge in [0.15, 0.2) is 6.61 Å². The molecule has 0 aliphatic rings. The molecule has 1 heterocycles. The molecule has 0 saturated heterocycles. The molecule has 3 aromatic rings. The lowest BCUT2D eigenvalue weighted by Gasteiger charge is -2.14. The zero-order valence-electron chi connectivity index (χ0n) is 17.1. The van der Waals surface area contributed by atoms with Gasteiger partial charge in [0.2, 0.25) is 5.78 Å². The number of aryl methyl sites for hydroxylation is 1. The van der Waals surface area contributed by atoms with Gasteiger partial charge in [0.1, 0.15) is 11.4 Å². The fourth-order valence-electron chi connectivity index (χ4n) is 3.15. The van der Waals surface area contributed by atoms with Gasteiger partial charge in [-0.15, -0.1) is 0 Å². The van der Waals surface area contributed by atoms with Crippen molar-refractivity contribution < 1.29 is 14.3 Å². The Morgan fingerprint density at radius 2 is 1.52 bits per heavy atom. The average molecular weight is 421 g/mol. The molecule has 160 valence electrons. The van der Waals surface area contributed by atoms with Crippen molar-refractivity contribution in [3.05, 3.63) is 98.2 Å². The molecule has 0 amide bonds. The lowest BCUT2D eigenvalue weighted by molar-refractivity contribution is -0.142.